The summed E-state index contributed by atoms with van der Waals surface area (Å²) in [6.07, 6.45) is 1.82. The molecular weight excluding hydrogens is 250 g/mol. The molecule has 18 heavy (non-hydrogen) atoms. The number of aliphatic carboxylic acids is 1. The summed E-state index contributed by atoms with van der Waals surface area (Å²) in [4.78, 5) is 10.5. The van der Waals surface area contributed by atoms with Crippen LogP contribution in [-0.4, -0.2) is 17.1 Å². The standard InChI is InChI=1S/C14H21NO2.ClH/c1-11(15)10-13-8-6-12(7-9-13)4-2-3-5-14(16)17;/h6-9,11H,2-5,10,15H2,1H3,(H,16,17);1H/i5D;. The molecule has 0 aromatic heterocycles. The van der Waals surface area contributed by atoms with Crippen LogP contribution >= 0.6 is 12.4 Å². The molecule has 1 aromatic rings. The summed E-state index contributed by atoms with van der Waals surface area (Å²) in [6, 6.07) is 8.40. The maximum atomic E-state index is 10.5. The van der Waals surface area contributed by atoms with Gasteiger partial charge < -0.3 is 10.8 Å². The molecule has 0 saturated heterocycles. The number of hydrogen-bond donors (Lipinski definition) is 2. The molecule has 4 heteroatoms. The second kappa shape index (κ2) is 8.95. The van der Waals surface area contributed by atoms with Gasteiger partial charge in [-0.05, 0) is 43.7 Å². The summed E-state index contributed by atoms with van der Waals surface area (Å²) in [5.74, 6) is -1.04. The third kappa shape index (κ3) is 7.30. The highest BCUT2D eigenvalue weighted by Crippen LogP contribution is 2.10. The van der Waals surface area contributed by atoms with Crippen LogP contribution in [0, 0.1) is 0 Å². The molecular formula is C14H22ClNO2. The lowest BCUT2D eigenvalue weighted by atomic mass is 10.0. The van der Waals surface area contributed by atoms with Gasteiger partial charge in [-0.1, -0.05) is 24.3 Å². The number of hydrogen-bond acceptors (Lipinski definition) is 2. The van der Waals surface area contributed by atoms with Crippen molar-refractivity contribution in [1.82, 2.24) is 0 Å². The second-order valence-corrected chi connectivity index (χ2v) is 4.43. The minimum absolute atomic E-state index is 0. The van der Waals surface area contributed by atoms with Gasteiger partial charge in [0.15, 0.2) is 0 Å². The Kier molecular flexibility index (Phi) is 7.46. The van der Waals surface area contributed by atoms with Gasteiger partial charge in [-0.25, -0.2) is 0 Å². The molecule has 0 saturated carbocycles. The minimum Gasteiger partial charge on any atom is -0.481 e. The Bertz CT molecular complexity index is 382. The number of carboxylic acids is 1. The van der Waals surface area contributed by atoms with Crippen molar-refractivity contribution in [3.63, 3.8) is 0 Å². The van der Waals surface area contributed by atoms with Crippen molar-refractivity contribution in [1.29, 1.82) is 0 Å². The summed E-state index contributed by atoms with van der Waals surface area (Å²) in [7, 11) is 0. The largest absolute Gasteiger partial charge is 0.481 e. The van der Waals surface area contributed by atoms with Crippen LogP contribution in [-0.2, 0) is 17.6 Å². The lowest BCUT2D eigenvalue weighted by molar-refractivity contribution is -0.137. The number of rotatable bonds is 7. The molecule has 102 valence electrons. The highest BCUT2D eigenvalue weighted by Gasteiger charge is 2.00. The monoisotopic (exact) mass is 272 g/mol. The molecule has 0 aliphatic heterocycles. The van der Waals surface area contributed by atoms with Crippen LogP contribution in [0.15, 0.2) is 24.3 Å². The predicted molar refractivity (Wildman–Crippen MR) is 76.2 cm³/mol. The SMILES string of the molecule is Cl.[2H]C(CCCc1ccc(CC(C)N)cc1)C(=O)O. The Balaban J connectivity index is 0.00000324. The molecule has 3 nitrogen and oxygen atoms in total. The predicted octanol–water partition coefficient (Wildman–Crippen LogP) is 2.80. The van der Waals surface area contributed by atoms with Crippen LogP contribution in [0.1, 0.15) is 38.7 Å². The van der Waals surface area contributed by atoms with E-state index in [4.69, 9.17) is 12.2 Å². The average molecular weight is 273 g/mol. The van der Waals surface area contributed by atoms with E-state index >= 15 is 0 Å². The van der Waals surface area contributed by atoms with Crippen molar-refractivity contribution >= 4 is 18.4 Å². The third-order valence-electron chi connectivity index (χ3n) is 2.57. The zero-order valence-electron chi connectivity index (χ0n) is 11.6. The van der Waals surface area contributed by atoms with Crippen molar-refractivity contribution in [2.75, 3.05) is 0 Å². The maximum Gasteiger partial charge on any atom is 0.303 e. The van der Waals surface area contributed by atoms with Crippen LogP contribution in [0.25, 0.3) is 0 Å². The van der Waals surface area contributed by atoms with Crippen LogP contribution < -0.4 is 5.73 Å². The minimum atomic E-state index is -1.04. The van der Waals surface area contributed by atoms with Crippen molar-refractivity contribution in [3.8, 4) is 0 Å². The molecule has 0 radical (unpaired) electrons. The van der Waals surface area contributed by atoms with E-state index in [1.807, 2.05) is 6.92 Å². The number of benzene rings is 1. The molecule has 0 amide bonds. The lowest BCUT2D eigenvalue weighted by Gasteiger charge is -2.06. The zero-order chi connectivity index (χ0) is 13.5. The maximum absolute atomic E-state index is 10.5. The number of carbonyl (C=O) groups is 1. The van der Waals surface area contributed by atoms with E-state index in [1.165, 1.54) is 11.1 Å². The molecule has 1 rings (SSSR count). The highest BCUT2D eigenvalue weighted by atomic mass is 35.5. The first-order chi connectivity index (χ1) is 8.49. The van der Waals surface area contributed by atoms with Crippen molar-refractivity contribution < 1.29 is 11.3 Å². The molecule has 0 aliphatic carbocycles. The van der Waals surface area contributed by atoms with Gasteiger partial charge in [-0.2, -0.15) is 0 Å². The second-order valence-electron chi connectivity index (χ2n) is 4.43. The molecule has 0 bridgehead atoms. The Morgan fingerprint density at radius 1 is 1.33 bits per heavy atom. The summed E-state index contributed by atoms with van der Waals surface area (Å²) in [5, 5.41) is 8.60. The van der Waals surface area contributed by atoms with Gasteiger partial charge in [-0.15, -0.1) is 12.4 Å². The quantitative estimate of drug-likeness (QED) is 0.802. The summed E-state index contributed by atoms with van der Waals surface area (Å²) >= 11 is 0. The van der Waals surface area contributed by atoms with E-state index in [0.717, 1.165) is 19.3 Å². The van der Waals surface area contributed by atoms with Crippen molar-refractivity contribution in [3.05, 3.63) is 35.4 Å². The molecule has 3 N–H and O–H groups in total. The molecule has 2 atom stereocenters. The highest BCUT2D eigenvalue weighted by molar-refractivity contribution is 5.85. The van der Waals surface area contributed by atoms with Gasteiger partial charge in [0.25, 0.3) is 0 Å². The van der Waals surface area contributed by atoms with Gasteiger partial charge in [0.05, 0.1) is 0 Å². The Labute approximate surface area is 116 Å². The summed E-state index contributed by atoms with van der Waals surface area (Å²) in [6.45, 7) is 1.98. The molecule has 0 aliphatic rings. The molecule has 0 spiro atoms. The number of nitrogens with two attached hydrogens (primary N) is 1. The van der Waals surface area contributed by atoms with Crippen molar-refractivity contribution in [2.24, 2.45) is 5.73 Å². The Morgan fingerprint density at radius 2 is 1.89 bits per heavy atom. The molecule has 0 heterocycles. The third-order valence-corrected chi connectivity index (χ3v) is 2.57. The van der Waals surface area contributed by atoms with Crippen LogP contribution in [0.4, 0.5) is 0 Å². The number of carboxylic acid groups (broad SMARTS) is 1. The Hall–Kier alpha value is -1.06. The summed E-state index contributed by atoms with van der Waals surface area (Å²) in [5.41, 5.74) is 8.13. The summed E-state index contributed by atoms with van der Waals surface area (Å²) < 4.78 is 7.29. The van der Waals surface area contributed by atoms with E-state index in [9.17, 15) is 4.79 Å². The fourth-order valence-electron chi connectivity index (χ4n) is 1.75. The van der Waals surface area contributed by atoms with E-state index < -0.39 is 12.4 Å². The van der Waals surface area contributed by atoms with Gasteiger partial charge in [-0.3, -0.25) is 4.79 Å². The molecule has 0 fully saturated rings. The normalized spacial score (nSPS) is 14.2. The van der Waals surface area contributed by atoms with Gasteiger partial charge in [0.1, 0.15) is 0 Å². The van der Waals surface area contributed by atoms with Crippen LogP contribution in [0.3, 0.4) is 0 Å². The van der Waals surface area contributed by atoms with Gasteiger partial charge in [0.2, 0.25) is 0 Å². The van der Waals surface area contributed by atoms with E-state index in [1.54, 1.807) is 0 Å². The van der Waals surface area contributed by atoms with E-state index in [2.05, 4.69) is 24.3 Å². The first kappa shape index (κ1) is 15.0. The van der Waals surface area contributed by atoms with Crippen LogP contribution in [0.5, 0.6) is 0 Å². The molecule has 2 unspecified atom stereocenters. The zero-order valence-corrected chi connectivity index (χ0v) is 11.5. The van der Waals surface area contributed by atoms with Gasteiger partial charge in [0, 0.05) is 13.8 Å². The smallest absolute Gasteiger partial charge is 0.303 e. The topological polar surface area (TPSA) is 63.3 Å². The van der Waals surface area contributed by atoms with Gasteiger partial charge >= 0.3 is 5.97 Å². The van der Waals surface area contributed by atoms with E-state index in [0.29, 0.717) is 6.42 Å². The lowest BCUT2D eigenvalue weighted by Crippen LogP contribution is -2.17. The number of halogens is 1. The van der Waals surface area contributed by atoms with E-state index in [-0.39, 0.29) is 18.4 Å². The molecule has 1 aromatic carbocycles. The fraction of sp³-hybridized carbons (Fsp3) is 0.500. The first-order valence-electron chi connectivity index (χ1n) is 6.55. The fourth-order valence-corrected chi connectivity index (χ4v) is 1.75. The average Bonchev–Trinajstić information content (AvgIpc) is 2.30. The Morgan fingerprint density at radius 3 is 2.39 bits per heavy atom. The first-order valence-corrected chi connectivity index (χ1v) is 5.97. The van der Waals surface area contributed by atoms with Crippen LogP contribution in [0.2, 0.25) is 0 Å². The number of aryl methyl sites for hydroxylation is 1. The van der Waals surface area contributed by atoms with Crippen molar-refractivity contribution in [2.45, 2.75) is 45.0 Å².